The maximum Gasteiger partial charge on any atom is 0.348 e. The fourth-order valence-corrected chi connectivity index (χ4v) is 4.29. The molecule has 216 valence electrons. The third-order valence-corrected chi connectivity index (χ3v) is 6.89. The SMILES string of the molecule is CCCCCCCC[C@@](C)(F)C(=O)Oc1ccc(-c2cnc(-c3ccc(OC[C@@H](F)CCCC)cc3)nc2)cc1. The van der Waals surface area contributed by atoms with Crippen molar-refractivity contribution in [2.24, 2.45) is 0 Å². The monoisotopic (exact) mass is 552 g/mol. The van der Waals surface area contributed by atoms with E-state index in [4.69, 9.17) is 9.47 Å². The number of esters is 1. The number of nitrogens with zero attached hydrogens (tertiary/aromatic N) is 2. The summed E-state index contributed by atoms with van der Waals surface area (Å²) in [7, 11) is 0. The zero-order chi connectivity index (χ0) is 28.8. The Labute approximate surface area is 237 Å². The molecule has 40 heavy (non-hydrogen) atoms. The van der Waals surface area contributed by atoms with Gasteiger partial charge in [-0.05, 0) is 68.1 Å². The average molecular weight is 553 g/mol. The molecule has 0 saturated heterocycles. The normalized spacial score (nSPS) is 13.4. The van der Waals surface area contributed by atoms with E-state index in [0.29, 0.717) is 30.2 Å². The molecule has 0 bridgehead atoms. The van der Waals surface area contributed by atoms with Crippen LogP contribution in [0.1, 0.15) is 85.0 Å². The van der Waals surface area contributed by atoms with Gasteiger partial charge in [0.1, 0.15) is 24.3 Å². The Balaban J connectivity index is 1.51. The van der Waals surface area contributed by atoms with Crippen LogP contribution in [0.3, 0.4) is 0 Å². The number of carbonyl (C=O) groups excluding carboxylic acids is 1. The molecular weight excluding hydrogens is 510 g/mol. The first-order valence-electron chi connectivity index (χ1n) is 14.5. The van der Waals surface area contributed by atoms with E-state index in [1.165, 1.54) is 19.8 Å². The highest BCUT2D eigenvalue weighted by Gasteiger charge is 2.34. The second kappa shape index (κ2) is 16.0. The first kappa shape index (κ1) is 31.2. The topological polar surface area (TPSA) is 61.3 Å². The van der Waals surface area contributed by atoms with Crippen molar-refractivity contribution in [1.29, 1.82) is 0 Å². The molecule has 7 heteroatoms. The van der Waals surface area contributed by atoms with E-state index in [1.807, 2.05) is 19.1 Å². The van der Waals surface area contributed by atoms with Crippen molar-refractivity contribution in [2.45, 2.75) is 96.8 Å². The second-order valence-corrected chi connectivity index (χ2v) is 10.5. The number of unbranched alkanes of at least 4 members (excludes halogenated alkanes) is 6. The predicted molar refractivity (Wildman–Crippen MR) is 156 cm³/mol. The molecule has 0 spiro atoms. The van der Waals surface area contributed by atoms with Gasteiger partial charge in [0.15, 0.2) is 5.82 Å². The Hall–Kier alpha value is -3.35. The zero-order valence-electron chi connectivity index (χ0n) is 24.0. The van der Waals surface area contributed by atoms with Crippen LogP contribution in [0.4, 0.5) is 8.78 Å². The quantitative estimate of drug-likeness (QED) is 0.0949. The van der Waals surface area contributed by atoms with E-state index in [-0.39, 0.29) is 13.0 Å². The number of hydrogen-bond donors (Lipinski definition) is 0. The minimum atomic E-state index is -2.01. The molecule has 3 aromatic rings. The average Bonchev–Trinajstić information content (AvgIpc) is 2.97. The molecule has 0 N–H and O–H groups in total. The molecule has 0 aliphatic heterocycles. The van der Waals surface area contributed by atoms with E-state index in [1.54, 1.807) is 48.8 Å². The lowest BCUT2D eigenvalue weighted by Gasteiger charge is -2.18. The number of halogens is 2. The molecule has 5 nitrogen and oxygen atoms in total. The summed E-state index contributed by atoms with van der Waals surface area (Å²) in [6, 6.07) is 14.1. The van der Waals surface area contributed by atoms with Gasteiger partial charge in [0.05, 0.1) is 0 Å². The summed E-state index contributed by atoms with van der Waals surface area (Å²) in [5, 5.41) is 0. The van der Waals surface area contributed by atoms with Gasteiger partial charge < -0.3 is 9.47 Å². The first-order valence-corrected chi connectivity index (χ1v) is 14.5. The fraction of sp³-hybridized carbons (Fsp3) is 0.485. The van der Waals surface area contributed by atoms with Gasteiger partial charge in [0, 0.05) is 23.5 Å². The van der Waals surface area contributed by atoms with E-state index in [2.05, 4.69) is 16.9 Å². The molecule has 0 fully saturated rings. The highest BCUT2D eigenvalue weighted by molar-refractivity contribution is 5.81. The molecule has 1 aromatic heterocycles. The van der Waals surface area contributed by atoms with Crippen molar-refractivity contribution in [3.05, 3.63) is 60.9 Å². The van der Waals surface area contributed by atoms with Gasteiger partial charge >= 0.3 is 5.97 Å². The van der Waals surface area contributed by atoms with Crippen molar-refractivity contribution in [2.75, 3.05) is 6.61 Å². The maximum absolute atomic E-state index is 14.9. The van der Waals surface area contributed by atoms with E-state index >= 15 is 0 Å². The van der Waals surface area contributed by atoms with E-state index in [0.717, 1.165) is 48.8 Å². The number of benzene rings is 2. The van der Waals surface area contributed by atoms with Gasteiger partial charge in [0.2, 0.25) is 5.67 Å². The zero-order valence-corrected chi connectivity index (χ0v) is 24.0. The molecule has 0 aliphatic carbocycles. The molecule has 2 atom stereocenters. The number of rotatable bonds is 17. The van der Waals surface area contributed by atoms with Crippen LogP contribution < -0.4 is 9.47 Å². The minimum Gasteiger partial charge on any atom is -0.491 e. The maximum atomic E-state index is 14.9. The summed E-state index contributed by atoms with van der Waals surface area (Å²) in [5.41, 5.74) is 0.441. The molecule has 0 aliphatic rings. The molecular formula is C33H42F2N2O3. The van der Waals surface area contributed by atoms with Gasteiger partial charge in [-0.25, -0.2) is 23.5 Å². The van der Waals surface area contributed by atoms with Crippen LogP contribution in [0, 0.1) is 0 Å². The highest BCUT2D eigenvalue weighted by atomic mass is 19.1. The van der Waals surface area contributed by atoms with Crippen LogP contribution in [-0.4, -0.2) is 34.4 Å². The van der Waals surface area contributed by atoms with Crippen LogP contribution in [-0.2, 0) is 4.79 Å². The van der Waals surface area contributed by atoms with Crippen molar-refractivity contribution in [1.82, 2.24) is 9.97 Å². The van der Waals surface area contributed by atoms with E-state index < -0.39 is 17.8 Å². The molecule has 0 saturated carbocycles. The Kier molecular flexibility index (Phi) is 12.5. The number of ether oxygens (including phenoxy) is 2. The summed E-state index contributed by atoms with van der Waals surface area (Å²) in [6.07, 6.45) is 11.1. The molecule has 0 radical (unpaired) electrons. The Bertz CT molecular complexity index is 1150. The van der Waals surface area contributed by atoms with Crippen LogP contribution in [0.2, 0.25) is 0 Å². The number of aromatic nitrogens is 2. The Morgan fingerprint density at radius 1 is 0.800 bits per heavy atom. The third-order valence-electron chi connectivity index (χ3n) is 6.89. The molecule has 1 heterocycles. The van der Waals surface area contributed by atoms with Crippen LogP contribution in [0.25, 0.3) is 22.5 Å². The van der Waals surface area contributed by atoms with E-state index in [9.17, 15) is 13.6 Å². The second-order valence-electron chi connectivity index (χ2n) is 10.5. The van der Waals surface area contributed by atoms with Crippen molar-refractivity contribution >= 4 is 5.97 Å². The van der Waals surface area contributed by atoms with Gasteiger partial charge in [-0.3, -0.25) is 0 Å². The predicted octanol–water partition coefficient (Wildman–Crippen LogP) is 9.10. The third kappa shape index (κ3) is 10.00. The smallest absolute Gasteiger partial charge is 0.348 e. The standard InChI is InChI=1S/C33H42F2N2O3/c1-4-6-8-9-10-11-21-33(3,35)32(38)40-30-19-13-25(14-20-30)27-22-36-31(37-23-27)26-15-17-29(18-16-26)39-24-28(34)12-7-5-2/h13-20,22-23,28H,4-12,21,24H2,1-3H3/t28-,33+/m0/s1. The summed E-state index contributed by atoms with van der Waals surface area (Å²) in [5.74, 6) is 0.597. The van der Waals surface area contributed by atoms with Gasteiger partial charge in [0.25, 0.3) is 0 Å². The van der Waals surface area contributed by atoms with Crippen molar-refractivity contribution in [3.8, 4) is 34.0 Å². The molecule has 3 rings (SSSR count). The largest absolute Gasteiger partial charge is 0.491 e. The lowest BCUT2D eigenvalue weighted by molar-refractivity contribution is -0.147. The fourth-order valence-electron chi connectivity index (χ4n) is 4.29. The summed E-state index contributed by atoms with van der Waals surface area (Å²) >= 11 is 0. The number of hydrogen-bond acceptors (Lipinski definition) is 5. The van der Waals surface area contributed by atoms with Crippen LogP contribution in [0.5, 0.6) is 11.5 Å². The van der Waals surface area contributed by atoms with Crippen molar-refractivity contribution < 1.29 is 23.0 Å². The highest BCUT2D eigenvalue weighted by Crippen LogP contribution is 2.27. The summed E-state index contributed by atoms with van der Waals surface area (Å²) in [6.45, 7) is 5.54. The minimum absolute atomic E-state index is 0.0504. The summed E-state index contributed by atoms with van der Waals surface area (Å²) < 4.78 is 39.6. The first-order chi connectivity index (χ1) is 19.3. The van der Waals surface area contributed by atoms with Gasteiger partial charge in [-0.1, -0.05) is 70.9 Å². The lowest BCUT2D eigenvalue weighted by atomic mass is 9.99. The molecule has 0 amide bonds. The van der Waals surface area contributed by atoms with Crippen LogP contribution in [0.15, 0.2) is 60.9 Å². The Morgan fingerprint density at radius 3 is 2.02 bits per heavy atom. The molecule has 2 aromatic carbocycles. The van der Waals surface area contributed by atoms with Crippen molar-refractivity contribution in [3.63, 3.8) is 0 Å². The lowest BCUT2D eigenvalue weighted by Crippen LogP contribution is -2.34. The van der Waals surface area contributed by atoms with Gasteiger partial charge in [-0.2, -0.15) is 0 Å². The Morgan fingerprint density at radius 2 is 1.38 bits per heavy atom. The summed E-state index contributed by atoms with van der Waals surface area (Å²) in [4.78, 5) is 21.4. The number of alkyl halides is 2. The van der Waals surface area contributed by atoms with Crippen LogP contribution >= 0.6 is 0 Å². The van der Waals surface area contributed by atoms with Gasteiger partial charge in [-0.15, -0.1) is 0 Å². The molecule has 0 unspecified atom stereocenters. The number of carbonyl (C=O) groups is 1.